The Kier molecular flexibility index (Phi) is 6.18. The highest BCUT2D eigenvalue weighted by Gasteiger charge is 2.34. The van der Waals surface area contributed by atoms with Crippen LogP contribution in [0.2, 0.25) is 0 Å². The average Bonchev–Trinajstić information content (AvgIpc) is 3.42. The summed E-state index contributed by atoms with van der Waals surface area (Å²) in [6.07, 6.45) is 7.73. The van der Waals surface area contributed by atoms with Crippen molar-refractivity contribution in [3.63, 3.8) is 0 Å². The van der Waals surface area contributed by atoms with E-state index in [0.29, 0.717) is 13.1 Å². The maximum absolute atomic E-state index is 12.7. The number of hydrogen-bond acceptors (Lipinski definition) is 4. The Labute approximate surface area is 180 Å². The minimum Gasteiger partial charge on any atom is -0.352 e. The zero-order valence-electron chi connectivity index (χ0n) is 16.8. The van der Waals surface area contributed by atoms with E-state index in [1.165, 1.54) is 0 Å². The first-order chi connectivity index (χ1) is 14.6. The van der Waals surface area contributed by atoms with Crippen molar-refractivity contribution in [2.45, 2.75) is 24.4 Å². The first-order valence-corrected chi connectivity index (χ1v) is 11.1. The number of nitrogens with one attached hydrogen (secondary N) is 1. The van der Waals surface area contributed by atoms with E-state index < -0.39 is 0 Å². The molecule has 0 bridgehead atoms. The second-order valence-electron chi connectivity index (χ2n) is 7.38. The Morgan fingerprint density at radius 3 is 2.73 bits per heavy atom. The van der Waals surface area contributed by atoms with Crippen LogP contribution >= 0.6 is 11.8 Å². The van der Waals surface area contributed by atoms with Crippen LogP contribution in [0.5, 0.6) is 0 Å². The van der Waals surface area contributed by atoms with E-state index in [0.717, 1.165) is 28.3 Å². The molecule has 2 amide bonds. The van der Waals surface area contributed by atoms with Crippen molar-refractivity contribution in [3.8, 4) is 0 Å². The third-order valence-corrected chi connectivity index (χ3v) is 6.01. The number of thioether (sulfide) groups is 1. The molecule has 1 aliphatic heterocycles. The van der Waals surface area contributed by atoms with Crippen LogP contribution in [0, 0.1) is 5.92 Å². The van der Waals surface area contributed by atoms with Gasteiger partial charge in [-0.3, -0.25) is 9.59 Å². The lowest BCUT2D eigenvalue weighted by Crippen LogP contribution is -2.32. The fourth-order valence-electron chi connectivity index (χ4n) is 3.66. The van der Waals surface area contributed by atoms with Gasteiger partial charge in [0.15, 0.2) is 0 Å². The van der Waals surface area contributed by atoms with Gasteiger partial charge in [-0.1, -0.05) is 24.3 Å². The molecule has 0 aliphatic carbocycles. The molecule has 6 nitrogen and oxygen atoms in total. The van der Waals surface area contributed by atoms with Crippen LogP contribution < -0.4 is 10.2 Å². The first-order valence-electron chi connectivity index (χ1n) is 9.88. The molecule has 3 aromatic rings. The van der Waals surface area contributed by atoms with Crippen molar-refractivity contribution >= 4 is 29.3 Å². The third kappa shape index (κ3) is 4.74. The van der Waals surface area contributed by atoms with Gasteiger partial charge in [0.2, 0.25) is 11.8 Å². The van der Waals surface area contributed by atoms with Crippen LogP contribution in [-0.4, -0.2) is 34.2 Å². The van der Waals surface area contributed by atoms with Crippen LogP contribution in [0.25, 0.3) is 0 Å². The van der Waals surface area contributed by atoms with E-state index in [4.69, 9.17) is 0 Å². The van der Waals surface area contributed by atoms with Gasteiger partial charge in [-0.25, -0.2) is 4.98 Å². The van der Waals surface area contributed by atoms with Gasteiger partial charge in [-0.2, -0.15) is 0 Å². The number of aromatic nitrogens is 2. The summed E-state index contributed by atoms with van der Waals surface area (Å²) < 4.78 is 2.00. The molecule has 0 spiro atoms. The van der Waals surface area contributed by atoms with Crippen molar-refractivity contribution < 1.29 is 9.59 Å². The molecule has 1 N–H and O–H groups in total. The number of hydrogen-bond donors (Lipinski definition) is 1. The lowest BCUT2D eigenvalue weighted by molar-refractivity contribution is -0.126. The van der Waals surface area contributed by atoms with Crippen molar-refractivity contribution in [1.82, 2.24) is 14.9 Å². The molecule has 1 unspecified atom stereocenters. The molecular weight excluding hydrogens is 396 g/mol. The normalized spacial score (nSPS) is 16.1. The van der Waals surface area contributed by atoms with Crippen molar-refractivity contribution in [3.05, 3.63) is 78.4 Å². The summed E-state index contributed by atoms with van der Waals surface area (Å²) in [6, 6.07) is 16.0. The van der Waals surface area contributed by atoms with Gasteiger partial charge in [0.05, 0.1) is 12.2 Å². The highest BCUT2D eigenvalue weighted by molar-refractivity contribution is 7.98. The van der Waals surface area contributed by atoms with Crippen molar-refractivity contribution in [2.24, 2.45) is 5.92 Å². The number of imidazole rings is 1. The summed E-state index contributed by atoms with van der Waals surface area (Å²) in [5.41, 5.74) is 3.03. The van der Waals surface area contributed by atoms with E-state index in [2.05, 4.69) is 22.4 Å². The first kappa shape index (κ1) is 20.2. The molecule has 2 heterocycles. The van der Waals surface area contributed by atoms with Crippen LogP contribution in [0.4, 0.5) is 5.69 Å². The van der Waals surface area contributed by atoms with E-state index >= 15 is 0 Å². The Balaban J connectivity index is 1.33. The molecule has 154 valence electrons. The molecule has 1 aromatic heterocycles. The summed E-state index contributed by atoms with van der Waals surface area (Å²) in [5.74, 6) is -0.409. The number of rotatable bonds is 7. The Hall–Kier alpha value is -3.06. The highest BCUT2D eigenvalue weighted by atomic mass is 32.2. The molecule has 30 heavy (non-hydrogen) atoms. The smallest absolute Gasteiger partial charge is 0.227 e. The van der Waals surface area contributed by atoms with E-state index in [9.17, 15) is 9.59 Å². The average molecular weight is 421 g/mol. The zero-order chi connectivity index (χ0) is 20.9. The number of benzene rings is 2. The topological polar surface area (TPSA) is 67.2 Å². The summed E-state index contributed by atoms with van der Waals surface area (Å²) in [4.78, 5) is 32.0. The predicted molar refractivity (Wildman–Crippen MR) is 118 cm³/mol. The van der Waals surface area contributed by atoms with Crippen LogP contribution in [-0.2, 0) is 22.7 Å². The van der Waals surface area contributed by atoms with Crippen molar-refractivity contribution in [2.75, 3.05) is 17.7 Å². The fraction of sp³-hybridized carbons (Fsp3) is 0.261. The Bertz CT molecular complexity index is 1020. The van der Waals surface area contributed by atoms with Crippen LogP contribution in [0.1, 0.15) is 17.5 Å². The van der Waals surface area contributed by atoms with E-state index in [1.807, 2.05) is 53.4 Å². The standard InChI is InChI=1S/C23H24N4O2S/c1-30-21-7-5-20(6-8-21)27-15-19(12-22(27)28)23(29)25-13-17-3-2-4-18(11-17)14-26-10-9-24-16-26/h2-11,16,19H,12-15H2,1H3,(H,25,29). The van der Waals surface area contributed by atoms with Gasteiger partial charge >= 0.3 is 0 Å². The molecule has 2 aromatic carbocycles. The van der Waals surface area contributed by atoms with Gasteiger partial charge in [0, 0.05) is 49.0 Å². The Morgan fingerprint density at radius 2 is 2.00 bits per heavy atom. The second-order valence-corrected chi connectivity index (χ2v) is 8.26. The number of anilines is 1. The molecule has 1 saturated heterocycles. The quantitative estimate of drug-likeness (QED) is 0.596. The van der Waals surface area contributed by atoms with Gasteiger partial charge in [0.25, 0.3) is 0 Å². The summed E-state index contributed by atoms with van der Waals surface area (Å²) in [5, 5.41) is 3.00. The van der Waals surface area contributed by atoms with Gasteiger partial charge < -0.3 is 14.8 Å². The minimum atomic E-state index is -0.327. The number of carbonyl (C=O) groups excluding carboxylic acids is 2. The predicted octanol–water partition coefficient (Wildman–Crippen LogP) is 3.32. The third-order valence-electron chi connectivity index (χ3n) is 5.26. The maximum Gasteiger partial charge on any atom is 0.227 e. The molecule has 1 aliphatic rings. The molecule has 0 radical (unpaired) electrons. The molecular formula is C23H24N4O2S. The number of nitrogens with zero attached hydrogens (tertiary/aromatic N) is 3. The molecule has 4 rings (SSSR count). The van der Waals surface area contributed by atoms with Crippen LogP contribution in [0.15, 0.2) is 72.1 Å². The maximum atomic E-state index is 12.7. The molecule has 0 saturated carbocycles. The summed E-state index contributed by atoms with van der Waals surface area (Å²) in [7, 11) is 0. The van der Waals surface area contributed by atoms with E-state index in [1.54, 1.807) is 29.2 Å². The molecule has 7 heteroatoms. The minimum absolute atomic E-state index is 0.00520. The number of amides is 2. The summed E-state index contributed by atoms with van der Waals surface area (Å²) in [6.45, 7) is 1.61. The lowest BCUT2D eigenvalue weighted by atomic mass is 10.1. The SMILES string of the molecule is CSc1ccc(N2CC(C(=O)NCc3cccc(Cn4ccnc4)c3)CC2=O)cc1. The van der Waals surface area contributed by atoms with Gasteiger partial charge in [0.1, 0.15) is 0 Å². The van der Waals surface area contributed by atoms with Gasteiger partial charge in [-0.15, -0.1) is 11.8 Å². The zero-order valence-corrected chi connectivity index (χ0v) is 17.6. The van der Waals surface area contributed by atoms with Crippen LogP contribution in [0.3, 0.4) is 0 Å². The van der Waals surface area contributed by atoms with Gasteiger partial charge in [-0.05, 0) is 41.6 Å². The fourth-order valence-corrected chi connectivity index (χ4v) is 4.07. The number of carbonyl (C=O) groups is 2. The molecule has 1 atom stereocenters. The lowest BCUT2D eigenvalue weighted by Gasteiger charge is -2.17. The highest BCUT2D eigenvalue weighted by Crippen LogP contribution is 2.27. The monoisotopic (exact) mass is 420 g/mol. The molecule has 1 fully saturated rings. The van der Waals surface area contributed by atoms with E-state index in [-0.39, 0.29) is 24.2 Å². The Morgan fingerprint density at radius 1 is 1.20 bits per heavy atom. The summed E-state index contributed by atoms with van der Waals surface area (Å²) >= 11 is 1.66. The second kappa shape index (κ2) is 9.17. The largest absolute Gasteiger partial charge is 0.352 e. The van der Waals surface area contributed by atoms with Crippen molar-refractivity contribution in [1.29, 1.82) is 0 Å².